The average Bonchev–Trinajstić information content (AvgIpc) is 2.38. The number of carbonyl (C=O) groups is 2. The van der Waals surface area contributed by atoms with Crippen molar-refractivity contribution >= 4 is 17.5 Å². The number of hydrogen-bond donors (Lipinski definition) is 2. The average molecular weight is 233 g/mol. The minimum atomic E-state index is -0.101. The number of amides is 2. The van der Waals surface area contributed by atoms with E-state index >= 15 is 0 Å². The summed E-state index contributed by atoms with van der Waals surface area (Å²) in [7, 11) is 1.83. The van der Waals surface area contributed by atoms with E-state index in [1.807, 2.05) is 19.2 Å². The molecule has 1 fully saturated rings. The second kappa shape index (κ2) is 4.86. The molecule has 1 heterocycles. The van der Waals surface area contributed by atoms with Crippen LogP contribution in [0.4, 0.5) is 5.69 Å². The lowest BCUT2D eigenvalue weighted by Gasteiger charge is -2.26. The quantitative estimate of drug-likeness (QED) is 0.772. The Balaban J connectivity index is 2.10. The first-order valence-electron chi connectivity index (χ1n) is 5.54. The van der Waals surface area contributed by atoms with Gasteiger partial charge in [-0.15, -0.1) is 0 Å². The Labute approximate surface area is 99.8 Å². The normalized spacial score (nSPS) is 15.4. The maximum Gasteiger partial charge on any atom is 0.254 e. The molecule has 1 aromatic rings. The lowest BCUT2D eigenvalue weighted by atomic mass is 10.1. The van der Waals surface area contributed by atoms with Gasteiger partial charge in [0, 0.05) is 31.4 Å². The van der Waals surface area contributed by atoms with E-state index in [0.717, 1.165) is 5.69 Å². The van der Waals surface area contributed by atoms with E-state index in [2.05, 4.69) is 10.6 Å². The van der Waals surface area contributed by atoms with Crippen LogP contribution in [-0.4, -0.2) is 43.4 Å². The molecule has 5 nitrogen and oxygen atoms in total. The molecule has 17 heavy (non-hydrogen) atoms. The van der Waals surface area contributed by atoms with Gasteiger partial charge in [0.1, 0.15) is 0 Å². The van der Waals surface area contributed by atoms with E-state index in [1.165, 1.54) is 0 Å². The van der Waals surface area contributed by atoms with E-state index < -0.39 is 0 Å². The number of piperazine rings is 1. The number of carbonyl (C=O) groups excluding carboxylic acids is 2. The van der Waals surface area contributed by atoms with Crippen molar-refractivity contribution in [3.63, 3.8) is 0 Å². The van der Waals surface area contributed by atoms with E-state index in [1.54, 1.807) is 17.0 Å². The van der Waals surface area contributed by atoms with Crippen molar-refractivity contribution < 1.29 is 9.59 Å². The second-order valence-corrected chi connectivity index (χ2v) is 3.90. The second-order valence-electron chi connectivity index (χ2n) is 3.90. The smallest absolute Gasteiger partial charge is 0.254 e. The number of nitrogens with one attached hydrogen (secondary N) is 2. The van der Waals surface area contributed by atoms with Crippen molar-refractivity contribution in [3.8, 4) is 0 Å². The number of hydrogen-bond acceptors (Lipinski definition) is 3. The predicted octanol–water partition coefficient (Wildman–Crippen LogP) is 0.300. The van der Waals surface area contributed by atoms with Crippen LogP contribution in [0.2, 0.25) is 0 Å². The van der Waals surface area contributed by atoms with Crippen LogP contribution >= 0.6 is 0 Å². The van der Waals surface area contributed by atoms with Crippen LogP contribution in [0.3, 0.4) is 0 Å². The molecule has 1 aliphatic heterocycles. The first-order chi connectivity index (χ1) is 8.20. The largest absolute Gasteiger partial charge is 0.388 e. The Bertz CT molecular complexity index is 428. The van der Waals surface area contributed by atoms with Gasteiger partial charge in [0.05, 0.1) is 6.54 Å². The van der Waals surface area contributed by atoms with Crippen molar-refractivity contribution in [2.45, 2.75) is 0 Å². The van der Waals surface area contributed by atoms with Gasteiger partial charge < -0.3 is 15.5 Å². The topological polar surface area (TPSA) is 61.4 Å². The van der Waals surface area contributed by atoms with Crippen molar-refractivity contribution in [1.82, 2.24) is 10.2 Å². The SMILES string of the molecule is CNc1ccc(C(=O)N2CCNC(=O)C2)cc1. The van der Waals surface area contributed by atoms with Crippen LogP contribution in [0.25, 0.3) is 0 Å². The molecule has 0 aliphatic carbocycles. The third-order valence-corrected chi connectivity index (χ3v) is 2.75. The lowest BCUT2D eigenvalue weighted by molar-refractivity contribution is -0.123. The number of rotatable bonds is 2. The summed E-state index contributed by atoms with van der Waals surface area (Å²) < 4.78 is 0. The first kappa shape index (κ1) is 11.4. The molecule has 0 atom stereocenters. The summed E-state index contributed by atoms with van der Waals surface area (Å²) in [5, 5.41) is 5.68. The van der Waals surface area contributed by atoms with Crippen LogP contribution in [-0.2, 0) is 4.79 Å². The molecule has 0 radical (unpaired) electrons. The minimum absolute atomic E-state index is 0.0949. The summed E-state index contributed by atoms with van der Waals surface area (Å²) >= 11 is 0. The van der Waals surface area contributed by atoms with Crippen LogP contribution in [0, 0.1) is 0 Å². The summed E-state index contributed by atoms with van der Waals surface area (Å²) in [5.41, 5.74) is 1.57. The van der Waals surface area contributed by atoms with Crippen molar-refractivity contribution in [1.29, 1.82) is 0 Å². The summed E-state index contributed by atoms with van der Waals surface area (Å²) in [6.07, 6.45) is 0. The third kappa shape index (κ3) is 2.55. The molecule has 90 valence electrons. The van der Waals surface area contributed by atoms with E-state index in [9.17, 15) is 9.59 Å². The molecule has 0 unspecified atom stereocenters. The zero-order valence-electron chi connectivity index (χ0n) is 9.69. The molecule has 2 rings (SSSR count). The summed E-state index contributed by atoms with van der Waals surface area (Å²) in [5.74, 6) is -0.195. The zero-order chi connectivity index (χ0) is 12.3. The monoisotopic (exact) mass is 233 g/mol. The molecule has 0 spiro atoms. The fourth-order valence-electron chi connectivity index (χ4n) is 1.77. The summed E-state index contributed by atoms with van der Waals surface area (Å²) in [4.78, 5) is 24.8. The van der Waals surface area contributed by atoms with Crippen LogP contribution in [0.5, 0.6) is 0 Å². The van der Waals surface area contributed by atoms with Crippen LogP contribution in [0.15, 0.2) is 24.3 Å². The van der Waals surface area contributed by atoms with Crippen molar-refractivity contribution in [3.05, 3.63) is 29.8 Å². The van der Waals surface area contributed by atoms with Gasteiger partial charge in [0.25, 0.3) is 5.91 Å². The molecule has 0 bridgehead atoms. The maximum absolute atomic E-state index is 12.1. The van der Waals surface area contributed by atoms with Gasteiger partial charge in [0.15, 0.2) is 0 Å². The molecule has 1 aromatic carbocycles. The van der Waals surface area contributed by atoms with E-state index in [-0.39, 0.29) is 18.4 Å². The fraction of sp³-hybridized carbons (Fsp3) is 0.333. The van der Waals surface area contributed by atoms with Gasteiger partial charge in [-0.1, -0.05) is 0 Å². The Morgan fingerprint density at radius 3 is 2.65 bits per heavy atom. The van der Waals surface area contributed by atoms with Gasteiger partial charge in [-0.05, 0) is 24.3 Å². The van der Waals surface area contributed by atoms with Crippen LogP contribution < -0.4 is 10.6 Å². The molecular weight excluding hydrogens is 218 g/mol. The molecule has 0 saturated carbocycles. The minimum Gasteiger partial charge on any atom is -0.388 e. The van der Waals surface area contributed by atoms with Gasteiger partial charge in [-0.2, -0.15) is 0 Å². The lowest BCUT2D eigenvalue weighted by Crippen LogP contribution is -2.49. The Kier molecular flexibility index (Phi) is 3.27. The highest BCUT2D eigenvalue weighted by Gasteiger charge is 2.21. The van der Waals surface area contributed by atoms with Gasteiger partial charge in [-0.3, -0.25) is 9.59 Å². The maximum atomic E-state index is 12.1. The first-order valence-corrected chi connectivity index (χ1v) is 5.54. The molecular formula is C12H15N3O2. The number of nitrogens with zero attached hydrogens (tertiary/aromatic N) is 1. The number of benzene rings is 1. The standard InChI is InChI=1S/C12H15N3O2/c1-13-10-4-2-9(3-5-10)12(17)15-7-6-14-11(16)8-15/h2-5,13H,6-8H2,1H3,(H,14,16). The molecule has 2 N–H and O–H groups in total. The van der Waals surface area contributed by atoms with E-state index in [4.69, 9.17) is 0 Å². The Morgan fingerprint density at radius 2 is 2.06 bits per heavy atom. The third-order valence-electron chi connectivity index (χ3n) is 2.75. The fourth-order valence-corrected chi connectivity index (χ4v) is 1.77. The molecule has 5 heteroatoms. The Morgan fingerprint density at radius 1 is 1.35 bits per heavy atom. The highest BCUT2D eigenvalue weighted by atomic mass is 16.2. The van der Waals surface area contributed by atoms with E-state index in [0.29, 0.717) is 18.7 Å². The van der Waals surface area contributed by atoms with Crippen molar-refractivity contribution in [2.24, 2.45) is 0 Å². The van der Waals surface area contributed by atoms with Gasteiger partial charge in [0.2, 0.25) is 5.91 Å². The molecule has 0 aromatic heterocycles. The summed E-state index contributed by atoms with van der Waals surface area (Å²) in [6, 6.07) is 7.22. The number of anilines is 1. The molecule has 1 saturated heterocycles. The predicted molar refractivity (Wildman–Crippen MR) is 64.9 cm³/mol. The molecule has 1 aliphatic rings. The summed E-state index contributed by atoms with van der Waals surface area (Å²) in [6.45, 7) is 1.24. The van der Waals surface area contributed by atoms with Crippen molar-refractivity contribution in [2.75, 3.05) is 32.0 Å². The zero-order valence-corrected chi connectivity index (χ0v) is 9.69. The van der Waals surface area contributed by atoms with Gasteiger partial charge in [-0.25, -0.2) is 0 Å². The highest BCUT2D eigenvalue weighted by molar-refractivity contribution is 5.97. The van der Waals surface area contributed by atoms with Gasteiger partial charge >= 0.3 is 0 Å². The Hall–Kier alpha value is -2.04. The molecule has 2 amide bonds. The highest BCUT2D eigenvalue weighted by Crippen LogP contribution is 2.11. The van der Waals surface area contributed by atoms with Crippen LogP contribution in [0.1, 0.15) is 10.4 Å².